The Morgan fingerprint density at radius 1 is 1.00 bits per heavy atom. The third-order valence-electron chi connectivity index (χ3n) is 6.19. The standard InChI is InChI=1S/C27H37N3O6S/c1-4-23(27(32)28-5-2)29(17-15-21-10-7-6-8-11-21)26(31)12-9-16-30(37(3,33)34)22-13-14-24-25(20-22)36-19-18-35-24/h6-8,10-11,13-14,20,23H,4-5,9,12,15-19H2,1-3H3,(H,28,32)/t23-/m1/s1. The van der Waals surface area contributed by atoms with Gasteiger partial charge in [0, 0.05) is 32.1 Å². The molecule has 37 heavy (non-hydrogen) atoms. The molecule has 1 atom stereocenters. The second-order valence-electron chi connectivity index (χ2n) is 8.91. The second-order valence-corrected chi connectivity index (χ2v) is 10.8. The number of nitrogens with one attached hydrogen (secondary N) is 1. The van der Waals surface area contributed by atoms with Crippen LogP contribution in [0.4, 0.5) is 5.69 Å². The minimum atomic E-state index is -3.60. The number of fused-ring (bicyclic) bond motifs is 1. The first-order chi connectivity index (χ1) is 17.7. The van der Waals surface area contributed by atoms with E-state index < -0.39 is 16.1 Å². The fourth-order valence-corrected chi connectivity index (χ4v) is 5.34. The molecule has 2 amide bonds. The average Bonchev–Trinajstić information content (AvgIpc) is 2.88. The van der Waals surface area contributed by atoms with Gasteiger partial charge in [-0.15, -0.1) is 0 Å². The predicted molar refractivity (Wildman–Crippen MR) is 143 cm³/mol. The maximum atomic E-state index is 13.4. The van der Waals surface area contributed by atoms with Gasteiger partial charge in [0.25, 0.3) is 0 Å². The van der Waals surface area contributed by atoms with Gasteiger partial charge in [0.2, 0.25) is 21.8 Å². The van der Waals surface area contributed by atoms with Gasteiger partial charge >= 0.3 is 0 Å². The zero-order valence-corrected chi connectivity index (χ0v) is 22.6. The summed E-state index contributed by atoms with van der Waals surface area (Å²) in [7, 11) is -3.60. The summed E-state index contributed by atoms with van der Waals surface area (Å²) in [6.07, 6.45) is 2.66. The number of ether oxygens (including phenoxy) is 2. The quantitative estimate of drug-likeness (QED) is 0.426. The number of hydrogen-bond acceptors (Lipinski definition) is 6. The number of amides is 2. The molecule has 0 aliphatic carbocycles. The van der Waals surface area contributed by atoms with E-state index in [9.17, 15) is 18.0 Å². The average molecular weight is 532 g/mol. The fourth-order valence-electron chi connectivity index (χ4n) is 4.38. The molecule has 1 aliphatic rings. The lowest BCUT2D eigenvalue weighted by molar-refractivity contribution is -0.140. The summed E-state index contributed by atoms with van der Waals surface area (Å²) in [5, 5.41) is 2.83. The minimum Gasteiger partial charge on any atom is -0.486 e. The van der Waals surface area contributed by atoms with Gasteiger partial charge in [0.1, 0.15) is 19.3 Å². The zero-order chi connectivity index (χ0) is 26.8. The van der Waals surface area contributed by atoms with Crippen molar-refractivity contribution >= 4 is 27.5 Å². The van der Waals surface area contributed by atoms with Crippen LogP contribution < -0.4 is 19.1 Å². The van der Waals surface area contributed by atoms with Crippen molar-refractivity contribution < 1.29 is 27.5 Å². The SMILES string of the molecule is CCNC(=O)[C@@H](CC)N(CCc1ccccc1)C(=O)CCCN(c1ccc2c(c1)OCCO2)S(C)(=O)=O. The molecule has 9 nitrogen and oxygen atoms in total. The Morgan fingerprint density at radius 2 is 1.70 bits per heavy atom. The molecule has 0 unspecified atom stereocenters. The molecule has 0 saturated heterocycles. The van der Waals surface area contributed by atoms with Crippen LogP contribution >= 0.6 is 0 Å². The van der Waals surface area contributed by atoms with Crippen molar-refractivity contribution in [3.63, 3.8) is 0 Å². The Balaban J connectivity index is 1.71. The molecular formula is C27H37N3O6S. The summed E-state index contributed by atoms with van der Waals surface area (Å²) < 4.78 is 37.6. The van der Waals surface area contributed by atoms with E-state index in [-0.39, 0.29) is 24.8 Å². The normalized spacial score (nSPS) is 13.5. The summed E-state index contributed by atoms with van der Waals surface area (Å²) in [6, 6.07) is 14.2. The van der Waals surface area contributed by atoms with E-state index in [0.29, 0.717) is 62.8 Å². The van der Waals surface area contributed by atoms with E-state index in [1.165, 1.54) is 4.31 Å². The Kier molecular flexibility index (Phi) is 10.2. The van der Waals surface area contributed by atoms with E-state index in [1.54, 1.807) is 23.1 Å². The molecule has 0 spiro atoms. The number of nitrogens with zero attached hydrogens (tertiary/aromatic N) is 2. The Morgan fingerprint density at radius 3 is 2.35 bits per heavy atom. The highest BCUT2D eigenvalue weighted by atomic mass is 32.2. The molecule has 2 aromatic carbocycles. The van der Waals surface area contributed by atoms with Gasteiger partial charge in [-0.1, -0.05) is 37.3 Å². The Bertz CT molecular complexity index is 1160. The van der Waals surface area contributed by atoms with Crippen LogP contribution in [-0.2, 0) is 26.0 Å². The molecule has 1 heterocycles. The van der Waals surface area contributed by atoms with Crippen molar-refractivity contribution in [3.8, 4) is 11.5 Å². The molecule has 0 saturated carbocycles. The molecule has 0 radical (unpaired) electrons. The third-order valence-corrected chi connectivity index (χ3v) is 7.38. The van der Waals surface area contributed by atoms with Gasteiger partial charge in [0.05, 0.1) is 11.9 Å². The van der Waals surface area contributed by atoms with Crippen molar-refractivity contribution in [1.29, 1.82) is 0 Å². The van der Waals surface area contributed by atoms with Gasteiger partial charge < -0.3 is 19.7 Å². The molecular weight excluding hydrogens is 494 g/mol. The van der Waals surface area contributed by atoms with Crippen LogP contribution in [0, 0.1) is 0 Å². The van der Waals surface area contributed by atoms with E-state index >= 15 is 0 Å². The van der Waals surface area contributed by atoms with E-state index in [2.05, 4.69) is 5.32 Å². The molecule has 0 aromatic heterocycles. The summed E-state index contributed by atoms with van der Waals surface area (Å²) in [5.74, 6) is 0.710. The number of carbonyl (C=O) groups excluding carboxylic acids is 2. The van der Waals surface area contributed by atoms with Crippen molar-refractivity contribution in [2.24, 2.45) is 0 Å². The zero-order valence-electron chi connectivity index (χ0n) is 21.8. The number of benzene rings is 2. The predicted octanol–water partition coefficient (Wildman–Crippen LogP) is 2.99. The van der Waals surface area contributed by atoms with Crippen molar-refractivity contribution in [2.75, 3.05) is 43.4 Å². The molecule has 0 fully saturated rings. The van der Waals surface area contributed by atoms with Crippen LogP contribution in [0.1, 0.15) is 38.7 Å². The van der Waals surface area contributed by atoms with Gasteiger partial charge in [-0.05, 0) is 43.9 Å². The van der Waals surface area contributed by atoms with Crippen LogP contribution in [0.15, 0.2) is 48.5 Å². The van der Waals surface area contributed by atoms with Crippen LogP contribution in [0.3, 0.4) is 0 Å². The van der Waals surface area contributed by atoms with Gasteiger partial charge in [-0.2, -0.15) is 0 Å². The lowest BCUT2D eigenvalue weighted by Crippen LogP contribution is -2.50. The van der Waals surface area contributed by atoms with Gasteiger partial charge in [-0.25, -0.2) is 8.42 Å². The summed E-state index contributed by atoms with van der Waals surface area (Å²) in [5.41, 5.74) is 1.53. The largest absolute Gasteiger partial charge is 0.486 e. The molecule has 0 bridgehead atoms. The summed E-state index contributed by atoms with van der Waals surface area (Å²) in [6.45, 7) is 5.57. The van der Waals surface area contributed by atoms with Crippen LogP contribution in [-0.4, -0.2) is 70.3 Å². The molecule has 3 rings (SSSR count). The van der Waals surface area contributed by atoms with Crippen molar-refractivity contribution in [2.45, 2.75) is 45.6 Å². The monoisotopic (exact) mass is 531 g/mol. The Hall–Kier alpha value is -3.27. The number of rotatable bonds is 13. The molecule has 202 valence electrons. The summed E-state index contributed by atoms with van der Waals surface area (Å²) >= 11 is 0. The van der Waals surface area contributed by atoms with Crippen LogP contribution in [0.5, 0.6) is 11.5 Å². The first-order valence-corrected chi connectivity index (χ1v) is 14.6. The molecule has 1 aliphatic heterocycles. The lowest BCUT2D eigenvalue weighted by atomic mass is 10.1. The van der Waals surface area contributed by atoms with Crippen molar-refractivity contribution in [3.05, 3.63) is 54.1 Å². The molecule has 1 N–H and O–H groups in total. The first kappa shape index (κ1) is 28.3. The van der Waals surface area contributed by atoms with Crippen LogP contribution in [0.25, 0.3) is 0 Å². The highest BCUT2D eigenvalue weighted by Crippen LogP contribution is 2.34. The third kappa shape index (κ3) is 7.85. The van der Waals surface area contributed by atoms with Gasteiger partial charge in [-0.3, -0.25) is 13.9 Å². The van der Waals surface area contributed by atoms with Crippen LogP contribution in [0.2, 0.25) is 0 Å². The maximum Gasteiger partial charge on any atom is 0.242 e. The van der Waals surface area contributed by atoms with E-state index in [1.807, 2.05) is 44.2 Å². The van der Waals surface area contributed by atoms with Gasteiger partial charge in [0.15, 0.2) is 11.5 Å². The lowest BCUT2D eigenvalue weighted by Gasteiger charge is -2.31. The smallest absolute Gasteiger partial charge is 0.242 e. The highest BCUT2D eigenvalue weighted by molar-refractivity contribution is 7.92. The first-order valence-electron chi connectivity index (χ1n) is 12.7. The number of hydrogen-bond donors (Lipinski definition) is 1. The highest BCUT2D eigenvalue weighted by Gasteiger charge is 2.28. The Labute approximate surface area is 219 Å². The minimum absolute atomic E-state index is 0.112. The maximum absolute atomic E-state index is 13.4. The number of sulfonamides is 1. The molecule has 2 aromatic rings. The van der Waals surface area contributed by atoms with Crippen molar-refractivity contribution in [1.82, 2.24) is 10.2 Å². The second kappa shape index (κ2) is 13.3. The fraction of sp³-hybridized carbons (Fsp3) is 0.481. The number of carbonyl (C=O) groups is 2. The topological polar surface area (TPSA) is 105 Å². The summed E-state index contributed by atoms with van der Waals surface area (Å²) in [4.78, 5) is 27.7. The molecule has 10 heteroatoms. The van der Waals surface area contributed by atoms with E-state index in [4.69, 9.17) is 9.47 Å². The number of likely N-dealkylation sites (N-methyl/N-ethyl adjacent to an activating group) is 1. The number of anilines is 1. The van der Waals surface area contributed by atoms with E-state index in [0.717, 1.165) is 11.8 Å².